The van der Waals surface area contributed by atoms with Crippen LogP contribution in [-0.2, 0) is 5.75 Å². The fourth-order valence-corrected chi connectivity index (χ4v) is 2.65. The molecule has 5 nitrogen and oxygen atoms in total. The monoisotopic (exact) mass is 318 g/mol. The van der Waals surface area contributed by atoms with E-state index in [0.717, 1.165) is 5.56 Å². The van der Waals surface area contributed by atoms with Crippen molar-refractivity contribution >= 4 is 29.2 Å². The van der Waals surface area contributed by atoms with Gasteiger partial charge in [0.15, 0.2) is 11.6 Å². The SMILES string of the molecule is Nc1nccnc1SCc1ncc(-c2cccc(Cl)c2)o1. The van der Waals surface area contributed by atoms with Crippen LogP contribution < -0.4 is 5.73 Å². The Balaban J connectivity index is 1.72. The standard InChI is InChI=1S/C14H11ClN4OS/c15-10-3-1-2-9(6-10)11-7-19-12(20-11)8-21-14-13(16)17-4-5-18-14/h1-7H,8H2,(H2,16,17). The molecule has 0 saturated carbocycles. The summed E-state index contributed by atoms with van der Waals surface area (Å²) >= 11 is 7.40. The molecule has 0 saturated heterocycles. The smallest absolute Gasteiger partial charge is 0.205 e. The molecule has 7 heteroatoms. The summed E-state index contributed by atoms with van der Waals surface area (Å²) in [5, 5.41) is 1.33. The molecule has 0 unspecified atom stereocenters. The first-order valence-corrected chi connectivity index (χ1v) is 7.48. The van der Waals surface area contributed by atoms with Gasteiger partial charge in [0.05, 0.1) is 11.9 Å². The third kappa shape index (κ3) is 3.34. The second kappa shape index (κ2) is 6.15. The van der Waals surface area contributed by atoms with Crippen molar-refractivity contribution < 1.29 is 4.42 Å². The fraction of sp³-hybridized carbons (Fsp3) is 0.0714. The predicted molar refractivity (Wildman–Crippen MR) is 83.0 cm³/mol. The number of aromatic nitrogens is 3. The maximum Gasteiger partial charge on any atom is 0.205 e. The lowest BCUT2D eigenvalue weighted by molar-refractivity contribution is 0.530. The van der Waals surface area contributed by atoms with E-state index in [1.54, 1.807) is 18.6 Å². The van der Waals surface area contributed by atoms with Gasteiger partial charge in [0.25, 0.3) is 0 Å². The molecule has 21 heavy (non-hydrogen) atoms. The minimum atomic E-state index is 0.407. The lowest BCUT2D eigenvalue weighted by Crippen LogP contribution is -1.94. The third-order valence-electron chi connectivity index (χ3n) is 2.69. The number of nitrogen functional groups attached to an aromatic ring is 1. The van der Waals surface area contributed by atoms with Crippen molar-refractivity contribution in [3.8, 4) is 11.3 Å². The van der Waals surface area contributed by atoms with Crippen molar-refractivity contribution in [1.82, 2.24) is 15.0 Å². The van der Waals surface area contributed by atoms with Crippen molar-refractivity contribution in [3.63, 3.8) is 0 Å². The highest BCUT2D eigenvalue weighted by molar-refractivity contribution is 7.98. The molecule has 0 radical (unpaired) electrons. The zero-order valence-corrected chi connectivity index (χ0v) is 12.4. The van der Waals surface area contributed by atoms with E-state index in [4.69, 9.17) is 21.8 Å². The van der Waals surface area contributed by atoms with Crippen LogP contribution in [0.5, 0.6) is 0 Å². The van der Waals surface area contributed by atoms with Gasteiger partial charge in [0.1, 0.15) is 5.03 Å². The zero-order valence-electron chi connectivity index (χ0n) is 10.9. The minimum Gasteiger partial charge on any atom is -0.440 e. The van der Waals surface area contributed by atoms with Gasteiger partial charge in [0, 0.05) is 23.0 Å². The summed E-state index contributed by atoms with van der Waals surface area (Å²) in [5.41, 5.74) is 6.63. The number of hydrogen-bond acceptors (Lipinski definition) is 6. The third-order valence-corrected chi connectivity index (χ3v) is 3.90. The summed E-state index contributed by atoms with van der Waals surface area (Å²) in [6.45, 7) is 0. The molecule has 0 fully saturated rings. The molecule has 0 amide bonds. The number of nitrogens with zero attached hydrogens (tertiary/aromatic N) is 3. The highest BCUT2D eigenvalue weighted by Crippen LogP contribution is 2.27. The Morgan fingerprint density at radius 3 is 2.86 bits per heavy atom. The molecule has 0 aliphatic carbocycles. The molecule has 2 aromatic heterocycles. The Kier molecular flexibility index (Phi) is 4.08. The van der Waals surface area contributed by atoms with E-state index in [-0.39, 0.29) is 0 Å². The molecular weight excluding hydrogens is 308 g/mol. The van der Waals surface area contributed by atoms with Crippen LogP contribution in [0, 0.1) is 0 Å². The van der Waals surface area contributed by atoms with Crippen LogP contribution in [0.3, 0.4) is 0 Å². The number of oxazole rings is 1. The summed E-state index contributed by atoms with van der Waals surface area (Å²) in [4.78, 5) is 12.4. The van der Waals surface area contributed by atoms with Crippen LogP contribution >= 0.6 is 23.4 Å². The summed E-state index contributed by atoms with van der Waals surface area (Å²) in [6.07, 6.45) is 4.84. The lowest BCUT2D eigenvalue weighted by atomic mass is 10.2. The molecule has 2 N–H and O–H groups in total. The van der Waals surface area contributed by atoms with Crippen molar-refractivity contribution in [2.45, 2.75) is 10.8 Å². The Morgan fingerprint density at radius 2 is 2.05 bits per heavy atom. The van der Waals surface area contributed by atoms with E-state index in [0.29, 0.717) is 33.3 Å². The average molecular weight is 319 g/mol. The molecule has 0 bridgehead atoms. The van der Waals surface area contributed by atoms with Crippen LogP contribution in [0.4, 0.5) is 5.82 Å². The number of halogens is 1. The van der Waals surface area contributed by atoms with Crippen molar-refractivity contribution in [2.75, 3.05) is 5.73 Å². The highest BCUT2D eigenvalue weighted by Gasteiger charge is 2.09. The number of anilines is 1. The van der Waals surface area contributed by atoms with E-state index in [1.165, 1.54) is 11.8 Å². The van der Waals surface area contributed by atoms with E-state index in [2.05, 4.69) is 15.0 Å². The highest BCUT2D eigenvalue weighted by atomic mass is 35.5. The van der Waals surface area contributed by atoms with Crippen LogP contribution in [0.25, 0.3) is 11.3 Å². The number of thioether (sulfide) groups is 1. The Hall–Kier alpha value is -2.05. The van der Waals surface area contributed by atoms with Gasteiger partial charge in [-0.3, -0.25) is 0 Å². The topological polar surface area (TPSA) is 77.8 Å². The van der Waals surface area contributed by atoms with Gasteiger partial charge < -0.3 is 10.2 Å². The lowest BCUT2D eigenvalue weighted by Gasteiger charge is -2.00. The van der Waals surface area contributed by atoms with Gasteiger partial charge in [-0.15, -0.1) is 0 Å². The fourth-order valence-electron chi connectivity index (χ4n) is 1.73. The number of rotatable bonds is 4. The first-order chi connectivity index (χ1) is 10.2. The molecule has 1 aromatic carbocycles. The molecule has 2 heterocycles. The Labute approximate surface area is 130 Å². The molecular formula is C14H11ClN4OS. The summed E-state index contributed by atoms with van der Waals surface area (Å²) in [6, 6.07) is 7.44. The quantitative estimate of drug-likeness (QED) is 0.740. The van der Waals surface area contributed by atoms with Gasteiger partial charge in [-0.25, -0.2) is 15.0 Å². The Morgan fingerprint density at radius 1 is 1.19 bits per heavy atom. The first-order valence-electron chi connectivity index (χ1n) is 6.12. The Bertz CT molecular complexity index is 762. The van der Waals surface area contributed by atoms with Gasteiger partial charge in [-0.05, 0) is 12.1 Å². The first kappa shape index (κ1) is 13.9. The van der Waals surface area contributed by atoms with Crippen molar-refractivity contribution in [3.05, 3.63) is 53.8 Å². The van der Waals surface area contributed by atoms with E-state index in [9.17, 15) is 0 Å². The zero-order chi connectivity index (χ0) is 14.7. The molecule has 0 aliphatic heterocycles. The molecule has 0 aliphatic rings. The van der Waals surface area contributed by atoms with E-state index in [1.807, 2.05) is 24.3 Å². The van der Waals surface area contributed by atoms with Crippen LogP contribution in [0.1, 0.15) is 5.89 Å². The minimum absolute atomic E-state index is 0.407. The van der Waals surface area contributed by atoms with Gasteiger partial charge in [0.2, 0.25) is 5.89 Å². The van der Waals surface area contributed by atoms with Crippen molar-refractivity contribution in [2.24, 2.45) is 0 Å². The van der Waals surface area contributed by atoms with Gasteiger partial charge in [-0.2, -0.15) is 0 Å². The van der Waals surface area contributed by atoms with Crippen LogP contribution in [-0.4, -0.2) is 15.0 Å². The average Bonchev–Trinajstić information content (AvgIpc) is 2.95. The van der Waals surface area contributed by atoms with Crippen LogP contribution in [0.2, 0.25) is 5.02 Å². The summed E-state index contributed by atoms with van der Waals surface area (Å²) in [7, 11) is 0. The second-order valence-electron chi connectivity index (χ2n) is 4.16. The number of hydrogen-bond donors (Lipinski definition) is 1. The molecule has 0 atom stereocenters. The number of benzene rings is 1. The van der Waals surface area contributed by atoms with E-state index < -0.39 is 0 Å². The maximum absolute atomic E-state index is 5.96. The predicted octanol–water partition coefficient (Wildman–Crippen LogP) is 3.66. The van der Waals surface area contributed by atoms with E-state index >= 15 is 0 Å². The summed E-state index contributed by atoms with van der Waals surface area (Å²) < 4.78 is 5.71. The van der Waals surface area contributed by atoms with Crippen LogP contribution in [0.15, 0.2) is 52.3 Å². The molecule has 0 spiro atoms. The molecule has 3 aromatic rings. The largest absolute Gasteiger partial charge is 0.440 e. The second-order valence-corrected chi connectivity index (χ2v) is 5.56. The molecule has 3 rings (SSSR count). The van der Waals surface area contributed by atoms with Gasteiger partial charge >= 0.3 is 0 Å². The maximum atomic E-state index is 5.96. The summed E-state index contributed by atoms with van der Waals surface area (Å²) in [5.74, 6) is 2.22. The number of nitrogens with two attached hydrogens (primary N) is 1. The van der Waals surface area contributed by atoms with Crippen molar-refractivity contribution in [1.29, 1.82) is 0 Å². The normalized spacial score (nSPS) is 10.7. The van der Waals surface area contributed by atoms with Gasteiger partial charge in [-0.1, -0.05) is 35.5 Å². The molecule has 106 valence electrons.